The van der Waals surface area contributed by atoms with Crippen LogP contribution in [0.1, 0.15) is 44.1 Å². The molecular weight excluding hydrogens is 228 g/mol. The molecule has 0 saturated heterocycles. The van der Waals surface area contributed by atoms with Crippen molar-refractivity contribution in [2.75, 3.05) is 18.9 Å². The molecule has 0 bridgehead atoms. The van der Waals surface area contributed by atoms with Gasteiger partial charge in [0, 0.05) is 19.6 Å². The van der Waals surface area contributed by atoms with Crippen molar-refractivity contribution in [3.05, 3.63) is 18.1 Å². The van der Waals surface area contributed by atoms with Crippen molar-refractivity contribution in [1.29, 1.82) is 0 Å². The molecule has 0 aliphatic carbocycles. The fraction of sp³-hybridized carbons (Fsp3) is 0.615. The number of hydrogen-bond acceptors (Lipinski definition) is 4. The lowest BCUT2D eigenvalue weighted by Crippen LogP contribution is -2.35. The summed E-state index contributed by atoms with van der Waals surface area (Å²) in [5, 5.41) is 3.13. The second-order valence-corrected chi connectivity index (χ2v) is 4.39. The summed E-state index contributed by atoms with van der Waals surface area (Å²) in [6.07, 6.45) is 5.07. The molecule has 5 heteroatoms. The topological polar surface area (TPSA) is 58.1 Å². The zero-order valence-electron chi connectivity index (χ0n) is 11.6. The Labute approximate surface area is 109 Å². The van der Waals surface area contributed by atoms with E-state index in [1.807, 2.05) is 6.92 Å². The van der Waals surface area contributed by atoms with E-state index in [1.165, 1.54) is 6.20 Å². The average molecular weight is 250 g/mol. The van der Waals surface area contributed by atoms with Crippen LogP contribution < -0.4 is 5.32 Å². The van der Waals surface area contributed by atoms with Crippen LogP contribution in [-0.4, -0.2) is 40.4 Å². The SMILES string of the molecule is CCCNc1cncc(C(=O)N(C)C(C)CC)n1. The minimum absolute atomic E-state index is 0.0861. The van der Waals surface area contributed by atoms with Gasteiger partial charge in [-0.05, 0) is 19.8 Å². The fourth-order valence-electron chi connectivity index (χ4n) is 1.46. The summed E-state index contributed by atoms with van der Waals surface area (Å²) >= 11 is 0. The molecule has 18 heavy (non-hydrogen) atoms. The Hall–Kier alpha value is -1.65. The van der Waals surface area contributed by atoms with Crippen molar-refractivity contribution >= 4 is 11.7 Å². The van der Waals surface area contributed by atoms with E-state index in [2.05, 4.69) is 29.1 Å². The predicted octanol–water partition coefficient (Wildman–Crippen LogP) is 2.17. The third-order valence-corrected chi connectivity index (χ3v) is 2.98. The number of amides is 1. The highest BCUT2D eigenvalue weighted by atomic mass is 16.2. The third kappa shape index (κ3) is 3.68. The van der Waals surface area contributed by atoms with Gasteiger partial charge in [-0.15, -0.1) is 0 Å². The van der Waals surface area contributed by atoms with E-state index < -0.39 is 0 Å². The molecule has 1 atom stereocenters. The van der Waals surface area contributed by atoms with E-state index in [0.717, 1.165) is 19.4 Å². The Bertz CT molecular complexity index is 394. The van der Waals surface area contributed by atoms with Crippen LogP contribution in [0.15, 0.2) is 12.4 Å². The number of nitrogens with one attached hydrogen (secondary N) is 1. The molecule has 0 fully saturated rings. The van der Waals surface area contributed by atoms with Crippen LogP contribution in [0.25, 0.3) is 0 Å². The third-order valence-electron chi connectivity index (χ3n) is 2.98. The first kappa shape index (κ1) is 14.4. The highest BCUT2D eigenvalue weighted by Crippen LogP contribution is 2.08. The van der Waals surface area contributed by atoms with E-state index in [9.17, 15) is 4.79 Å². The number of aromatic nitrogens is 2. The predicted molar refractivity (Wildman–Crippen MR) is 72.7 cm³/mol. The van der Waals surface area contributed by atoms with Crippen LogP contribution in [0, 0.1) is 0 Å². The monoisotopic (exact) mass is 250 g/mol. The number of rotatable bonds is 6. The Balaban J connectivity index is 2.79. The molecule has 0 saturated carbocycles. The molecule has 0 aromatic carbocycles. The maximum absolute atomic E-state index is 12.2. The number of carbonyl (C=O) groups excluding carboxylic acids is 1. The Morgan fingerprint density at radius 1 is 1.44 bits per heavy atom. The lowest BCUT2D eigenvalue weighted by Gasteiger charge is -2.23. The van der Waals surface area contributed by atoms with Gasteiger partial charge >= 0.3 is 0 Å². The zero-order valence-corrected chi connectivity index (χ0v) is 11.6. The van der Waals surface area contributed by atoms with Crippen LogP contribution in [0.5, 0.6) is 0 Å². The fourth-order valence-corrected chi connectivity index (χ4v) is 1.46. The second-order valence-electron chi connectivity index (χ2n) is 4.39. The number of nitrogens with zero attached hydrogens (tertiary/aromatic N) is 3. The van der Waals surface area contributed by atoms with Crippen LogP contribution in [0.3, 0.4) is 0 Å². The second kappa shape index (κ2) is 6.93. The molecule has 0 spiro atoms. The normalized spacial score (nSPS) is 12.0. The van der Waals surface area contributed by atoms with Crippen LogP contribution in [0.4, 0.5) is 5.82 Å². The van der Waals surface area contributed by atoms with Gasteiger partial charge < -0.3 is 10.2 Å². The van der Waals surface area contributed by atoms with Gasteiger partial charge in [0.25, 0.3) is 5.91 Å². The zero-order chi connectivity index (χ0) is 13.5. The molecule has 1 N–H and O–H groups in total. The van der Waals surface area contributed by atoms with E-state index in [-0.39, 0.29) is 11.9 Å². The highest BCUT2D eigenvalue weighted by Gasteiger charge is 2.17. The van der Waals surface area contributed by atoms with E-state index >= 15 is 0 Å². The maximum atomic E-state index is 12.2. The first-order chi connectivity index (χ1) is 8.60. The molecule has 5 nitrogen and oxygen atoms in total. The molecular formula is C13H22N4O. The number of carbonyl (C=O) groups is 1. The van der Waals surface area contributed by atoms with E-state index in [1.54, 1.807) is 18.1 Å². The molecule has 0 radical (unpaired) electrons. The van der Waals surface area contributed by atoms with Gasteiger partial charge in [-0.1, -0.05) is 13.8 Å². The summed E-state index contributed by atoms with van der Waals surface area (Å²) in [4.78, 5) is 22.2. The minimum Gasteiger partial charge on any atom is -0.369 e. The summed E-state index contributed by atoms with van der Waals surface area (Å²) in [5.74, 6) is 0.567. The summed E-state index contributed by atoms with van der Waals surface area (Å²) in [7, 11) is 1.80. The largest absolute Gasteiger partial charge is 0.369 e. The van der Waals surface area contributed by atoms with Crippen LogP contribution in [0.2, 0.25) is 0 Å². The highest BCUT2D eigenvalue weighted by molar-refractivity contribution is 5.92. The first-order valence-corrected chi connectivity index (χ1v) is 6.43. The average Bonchev–Trinajstić information content (AvgIpc) is 2.42. The van der Waals surface area contributed by atoms with Crippen molar-refractivity contribution in [2.45, 2.75) is 39.7 Å². The summed E-state index contributed by atoms with van der Waals surface area (Å²) < 4.78 is 0. The lowest BCUT2D eigenvalue weighted by molar-refractivity contribution is 0.0734. The molecule has 1 aromatic heterocycles. The Kier molecular flexibility index (Phi) is 5.55. The maximum Gasteiger partial charge on any atom is 0.274 e. The molecule has 1 aromatic rings. The lowest BCUT2D eigenvalue weighted by atomic mass is 10.2. The van der Waals surface area contributed by atoms with Gasteiger partial charge in [-0.3, -0.25) is 9.78 Å². The van der Waals surface area contributed by atoms with Gasteiger partial charge in [0.05, 0.1) is 12.4 Å². The molecule has 0 aliphatic heterocycles. The van der Waals surface area contributed by atoms with Crippen LogP contribution in [-0.2, 0) is 0 Å². The molecule has 1 amide bonds. The Morgan fingerprint density at radius 2 is 2.17 bits per heavy atom. The quantitative estimate of drug-likeness (QED) is 0.840. The molecule has 100 valence electrons. The van der Waals surface area contributed by atoms with Crippen molar-refractivity contribution in [1.82, 2.24) is 14.9 Å². The molecule has 1 rings (SSSR count). The minimum atomic E-state index is -0.0861. The van der Waals surface area contributed by atoms with E-state index in [4.69, 9.17) is 0 Å². The van der Waals surface area contributed by atoms with Crippen molar-refractivity contribution in [2.24, 2.45) is 0 Å². The van der Waals surface area contributed by atoms with Crippen LogP contribution >= 0.6 is 0 Å². The summed E-state index contributed by atoms with van der Waals surface area (Å²) in [6, 6.07) is 0.201. The van der Waals surface area contributed by atoms with Crippen molar-refractivity contribution in [3.8, 4) is 0 Å². The summed E-state index contributed by atoms with van der Waals surface area (Å²) in [6.45, 7) is 6.98. The smallest absolute Gasteiger partial charge is 0.274 e. The number of anilines is 1. The van der Waals surface area contributed by atoms with E-state index in [0.29, 0.717) is 11.5 Å². The standard InChI is InChI=1S/C13H22N4O/c1-5-7-15-12-9-14-8-11(16-12)13(18)17(4)10(3)6-2/h8-10H,5-7H2,1-4H3,(H,15,16). The van der Waals surface area contributed by atoms with Gasteiger partial charge in [-0.25, -0.2) is 4.98 Å². The Morgan fingerprint density at radius 3 is 2.78 bits per heavy atom. The molecule has 0 aliphatic rings. The summed E-state index contributed by atoms with van der Waals surface area (Å²) in [5.41, 5.74) is 0.388. The van der Waals surface area contributed by atoms with Crippen molar-refractivity contribution < 1.29 is 4.79 Å². The molecule has 1 heterocycles. The van der Waals surface area contributed by atoms with Crippen molar-refractivity contribution in [3.63, 3.8) is 0 Å². The van der Waals surface area contributed by atoms with Gasteiger partial charge in [0.2, 0.25) is 0 Å². The van der Waals surface area contributed by atoms with Gasteiger partial charge in [-0.2, -0.15) is 0 Å². The van der Waals surface area contributed by atoms with Gasteiger partial charge in [0.15, 0.2) is 0 Å². The van der Waals surface area contributed by atoms with Gasteiger partial charge in [0.1, 0.15) is 11.5 Å². The number of hydrogen-bond donors (Lipinski definition) is 1. The molecule has 1 unspecified atom stereocenters. The first-order valence-electron chi connectivity index (χ1n) is 6.43.